The van der Waals surface area contributed by atoms with Gasteiger partial charge in [-0.2, -0.15) is 13.2 Å². The maximum absolute atomic E-state index is 13.5. The Labute approximate surface area is 149 Å². The van der Waals surface area contributed by atoms with Crippen molar-refractivity contribution in [2.45, 2.75) is 13.1 Å². The van der Waals surface area contributed by atoms with E-state index in [2.05, 4.69) is 9.47 Å². The van der Waals surface area contributed by atoms with E-state index in [4.69, 9.17) is 0 Å². The lowest BCUT2D eigenvalue weighted by Crippen LogP contribution is -2.11. The van der Waals surface area contributed by atoms with Gasteiger partial charge in [0.05, 0.1) is 5.56 Å². The average molecular weight is 386 g/mol. The Balaban J connectivity index is 2.05. The van der Waals surface area contributed by atoms with Crippen molar-refractivity contribution < 1.29 is 41.0 Å². The number of alkyl halides is 3. The van der Waals surface area contributed by atoms with Crippen molar-refractivity contribution in [3.8, 4) is 11.5 Å². The maximum Gasteiger partial charge on any atom is 0.416 e. The first-order valence-electron chi connectivity index (χ1n) is 7.31. The summed E-state index contributed by atoms with van der Waals surface area (Å²) in [5.41, 5.74) is -0.604. The number of halogens is 5. The van der Waals surface area contributed by atoms with Crippen LogP contribution in [0.15, 0.2) is 48.6 Å². The van der Waals surface area contributed by atoms with Gasteiger partial charge in [0, 0.05) is 12.2 Å². The van der Waals surface area contributed by atoms with Gasteiger partial charge in [0.25, 0.3) is 0 Å². The molecule has 0 aromatic heterocycles. The Morgan fingerprint density at radius 2 is 1.33 bits per heavy atom. The second-order valence-corrected chi connectivity index (χ2v) is 5.25. The second-order valence-electron chi connectivity index (χ2n) is 5.25. The Morgan fingerprint density at radius 3 is 1.85 bits per heavy atom. The van der Waals surface area contributed by atoms with E-state index >= 15 is 0 Å². The van der Waals surface area contributed by atoms with Crippen molar-refractivity contribution in [1.82, 2.24) is 0 Å². The summed E-state index contributed by atoms with van der Waals surface area (Å²) in [6.45, 7) is 1.63. The number of hydrogen-bond donors (Lipinski definition) is 0. The number of ether oxygens (including phenoxy) is 2. The van der Waals surface area contributed by atoms with Crippen LogP contribution in [0.5, 0.6) is 11.5 Å². The first-order valence-corrected chi connectivity index (χ1v) is 7.31. The summed E-state index contributed by atoms with van der Waals surface area (Å²) in [6.07, 6.45) is -3.68. The fourth-order valence-corrected chi connectivity index (χ4v) is 1.87. The molecular formula is C18H11F5O4. The number of carbonyl (C=O) groups excluding carboxylic acids is 2. The van der Waals surface area contributed by atoms with Crippen LogP contribution in [0.2, 0.25) is 0 Å². The molecule has 2 aromatic carbocycles. The van der Waals surface area contributed by atoms with E-state index in [1.54, 1.807) is 6.92 Å². The highest BCUT2D eigenvalue weighted by Gasteiger charge is 2.31. The van der Waals surface area contributed by atoms with Gasteiger partial charge in [0.15, 0.2) is 23.1 Å². The van der Waals surface area contributed by atoms with Crippen LogP contribution < -0.4 is 9.47 Å². The third-order valence-corrected chi connectivity index (χ3v) is 3.12. The van der Waals surface area contributed by atoms with Crippen LogP contribution in [0.3, 0.4) is 0 Å². The minimum atomic E-state index is -4.76. The lowest BCUT2D eigenvalue weighted by Gasteiger charge is -2.09. The molecule has 0 saturated heterocycles. The zero-order chi connectivity index (χ0) is 20.2. The highest BCUT2D eigenvalue weighted by atomic mass is 19.4. The van der Waals surface area contributed by atoms with Gasteiger partial charge in [-0.15, -0.1) is 0 Å². The number of aryl methyl sites for hydroxylation is 1. The van der Waals surface area contributed by atoms with Crippen molar-refractivity contribution in [2.24, 2.45) is 0 Å². The van der Waals surface area contributed by atoms with Crippen molar-refractivity contribution in [3.05, 3.63) is 71.3 Å². The quantitative estimate of drug-likeness (QED) is 0.339. The molecule has 0 fully saturated rings. The highest BCUT2D eigenvalue weighted by molar-refractivity contribution is 5.93. The Bertz CT molecular complexity index is 903. The molecule has 0 aliphatic heterocycles. The third kappa shape index (κ3) is 5.63. The summed E-state index contributed by atoms with van der Waals surface area (Å²) in [6, 6.07) is 5.05. The van der Waals surface area contributed by atoms with Crippen LogP contribution in [-0.2, 0) is 15.8 Å². The van der Waals surface area contributed by atoms with E-state index in [9.17, 15) is 31.5 Å². The van der Waals surface area contributed by atoms with Crippen LogP contribution in [0.4, 0.5) is 22.0 Å². The molecule has 0 amide bonds. The van der Waals surface area contributed by atoms with Crippen molar-refractivity contribution in [2.75, 3.05) is 0 Å². The third-order valence-electron chi connectivity index (χ3n) is 3.12. The summed E-state index contributed by atoms with van der Waals surface area (Å²) in [7, 11) is 0. The topological polar surface area (TPSA) is 52.6 Å². The van der Waals surface area contributed by atoms with Gasteiger partial charge >= 0.3 is 18.1 Å². The molecule has 0 aliphatic rings. The van der Waals surface area contributed by atoms with E-state index in [0.29, 0.717) is 35.9 Å². The van der Waals surface area contributed by atoms with Crippen LogP contribution in [0.1, 0.15) is 11.1 Å². The highest BCUT2D eigenvalue weighted by Crippen LogP contribution is 2.32. The van der Waals surface area contributed by atoms with Crippen LogP contribution in [-0.4, -0.2) is 11.9 Å². The average Bonchev–Trinajstić information content (AvgIpc) is 2.57. The zero-order valence-corrected chi connectivity index (χ0v) is 13.6. The predicted molar refractivity (Wildman–Crippen MR) is 82.9 cm³/mol. The largest absolute Gasteiger partial charge is 0.420 e. The minimum Gasteiger partial charge on any atom is -0.420 e. The standard InChI is InChI=1S/C18H11F5O4/c1-10-2-4-12(19)14(8-10)26-16(24)6-7-17(25)27-15-9-11(18(21,22)23)3-5-13(15)20/h2-9H,1H3/b7-6+. The van der Waals surface area contributed by atoms with Gasteiger partial charge < -0.3 is 9.47 Å². The molecule has 142 valence electrons. The molecule has 2 rings (SSSR count). The van der Waals surface area contributed by atoms with Gasteiger partial charge in [0.2, 0.25) is 0 Å². The predicted octanol–water partition coefficient (Wildman–Crippen LogP) is 4.36. The monoisotopic (exact) mass is 386 g/mol. The van der Waals surface area contributed by atoms with Gasteiger partial charge in [-0.3, -0.25) is 0 Å². The molecule has 0 aliphatic carbocycles. The van der Waals surface area contributed by atoms with Crippen LogP contribution >= 0.6 is 0 Å². The van der Waals surface area contributed by atoms with Crippen molar-refractivity contribution in [1.29, 1.82) is 0 Å². The first-order chi connectivity index (χ1) is 12.6. The van der Waals surface area contributed by atoms with E-state index in [0.717, 1.165) is 6.07 Å². The molecule has 0 heterocycles. The molecule has 0 radical (unpaired) electrons. The van der Waals surface area contributed by atoms with Gasteiger partial charge in [-0.05, 0) is 42.8 Å². The Morgan fingerprint density at radius 1 is 0.852 bits per heavy atom. The van der Waals surface area contributed by atoms with E-state index in [1.165, 1.54) is 12.1 Å². The van der Waals surface area contributed by atoms with Gasteiger partial charge in [0.1, 0.15) is 0 Å². The van der Waals surface area contributed by atoms with Crippen LogP contribution in [0, 0.1) is 18.6 Å². The minimum absolute atomic E-state index is 0.307. The summed E-state index contributed by atoms with van der Waals surface area (Å²) >= 11 is 0. The van der Waals surface area contributed by atoms with Crippen molar-refractivity contribution in [3.63, 3.8) is 0 Å². The molecule has 0 saturated carbocycles. The van der Waals surface area contributed by atoms with E-state index < -0.39 is 41.1 Å². The SMILES string of the molecule is Cc1ccc(F)c(OC(=O)/C=C/C(=O)Oc2cc(C(F)(F)F)ccc2F)c1. The molecule has 0 N–H and O–H groups in total. The number of rotatable bonds is 4. The summed E-state index contributed by atoms with van der Waals surface area (Å²) < 4.78 is 73.8. The molecule has 4 nitrogen and oxygen atoms in total. The molecule has 0 bridgehead atoms. The van der Waals surface area contributed by atoms with Gasteiger partial charge in [-0.25, -0.2) is 18.4 Å². The number of benzene rings is 2. The molecule has 27 heavy (non-hydrogen) atoms. The summed E-state index contributed by atoms with van der Waals surface area (Å²) in [4.78, 5) is 23.1. The number of hydrogen-bond acceptors (Lipinski definition) is 4. The Kier molecular flexibility index (Phi) is 5.94. The lowest BCUT2D eigenvalue weighted by atomic mass is 10.2. The first kappa shape index (κ1) is 20.1. The summed E-state index contributed by atoms with van der Waals surface area (Å²) in [5, 5.41) is 0. The number of carbonyl (C=O) groups is 2. The molecule has 9 heteroatoms. The molecular weight excluding hydrogens is 375 g/mol. The smallest absolute Gasteiger partial charge is 0.416 e. The summed E-state index contributed by atoms with van der Waals surface area (Å²) in [5.74, 6) is -5.81. The van der Waals surface area contributed by atoms with E-state index in [1.807, 2.05) is 0 Å². The molecule has 2 aromatic rings. The zero-order valence-electron chi connectivity index (χ0n) is 13.6. The van der Waals surface area contributed by atoms with Crippen molar-refractivity contribution >= 4 is 11.9 Å². The second kappa shape index (κ2) is 7.98. The molecule has 0 unspecified atom stereocenters. The lowest BCUT2D eigenvalue weighted by molar-refractivity contribution is -0.138. The molecule has 0 spiro atoms. The maximum atomic E-state index is 13.5. The Hall–Kier alpha value is -3.23. The number of esters is 2. The normalized spacial score (nSPS) is 11.5. The van der Waals surface area contributed by atoms with E-state index in [-0.39, 0.29) is 5.75 Å². The fraction of sp³-hybridized carbons (Fsp3) is 0.111. The fourth-order valence-electron chi connectivity index (χ4n) is 1.87. The van der Waals surface area contributed by atoms with Crippen LogP contribution in [0.25, 0.3) is 0 Å². The molecule has 0 atom stereocenters. The van der Waals surface area contributed by atoms with Gasteiger partial charge in [-0.1, -0.05) is 6.07 Å².